The maximum Gasteiger partial charge on any atom is 0.236 e. The predicted molar refractivity (Wildman–Crippen MR) is 116 cm³/mol. The molecule has 0 spiro atoms. The van der Waals surface area contributed by atoms with Gasteiger partial charge >= 0.3 is 0 Å². The van der Waals surface area contributed by atoms with E-state index in [-0.39, 0.29) is 17.2 Å². The molecular weight excluding hydrogens is 382 g/mol. The number of aromatic nitrogens is 3. The highest BCUT2D eigenvalue weighted by Crippen LogP contribution is 2.38. The second-order valence-corrected chi connectivity index (χ2v) is 8.81. The van der Waals surface area contributed by atoms with Crippen LogP contribution in [0.15, 0.2) is 59.8 Å². The van der Waals surface area contributed by atoms with Gasteiger partial charge in [0, 0.05) is 12.1 Å². The average Bonchev–Trinajstić information content (AvgIpc) is 3.15. The largest absolute Gasteiger partial charge is 0.355 e. The summed E-state index contributed by atoms with van der Waals surface area (Å²) in [6.45, 7) is 6.89. The van der Waals surface area contributed by atoms with Gasteiger partial charge in [0.1, 0.15) is 5.25 Å². The van der Waals surface area contributed by atoms with Crippen LogP contribution >= 0.6 is 11.8 Å². The van der Waals surface area contributed by atoms with Crippen molar-refractivity contribution in [3.8, 4) is 11.4 Å². The Kier molecular flexibility index (Phi) is 5.58. The summed E-state index contributed by atoms with van der Waals surface area (Å²) in [6, 6.07) is 18.1. The number of thioether (sulfide) groups is 1. The Morgan fingerprint density at radius 1 is 1.14 bits per heavy atom. The normalized spacial score (nSPS) is 18.2. The van der Waals surface area contributed by atoms with E-state index in [9.17, 15) is 4.79 Å². The van der Waals surface area contributed by atoms with Gasteiger partial charge in [0.05, 0.1) is 6.04 Å². The lowest BCUT2D eigenvalue weighted by Gasteiger charge is -2.33. The van der Waals surface area contributed by atoms with E-state index in [1.54, 1.807) is 0 Å². The van der Waals surface area contributed by atoms with E-state index in [2.05, 4.69) is 66.0 Å². The van der Waals surface area contributed by atoms with Crippen LogP contribution in [0, 0.1) is 12.8 Å². The molecule has 150 valence electrons. The molecule has 0 saturated carbocycles. The van der Waals surface area contributed by atoms with E-state index in [4.69, 9.17) is 0 Å². The summed E-state index contributed by atoms with van der Waals surface area (Å²) in [4.78, 5) is 13.0. The molecule has 0 saturated heterocycles. The Bertz CT molecular complexity index is 984. The van der Waals surface area contributed by atoms with Crippen LogP contribution in [0.25, 0.3) is 11.4 Å². The topological polar surface area (TPSA) is 71.8 Å². The van der Waals surface area contributed by atoms with Gasteiger partial charge in [0.15, 0.2) is 5.82 Å². The van der Waals surface area contributed by atoms with E-state index in [1.165, 1.54) is 17.3 Å². The number of hydrogen-bond donors (Lipinski definition) is 2. The number of rotatable bonds is 5. The van der Waals surface area contributed by atoms with Crippen LogP contribution < -0.4 is 10.7 Å². The molecule has 1 aliphatic heterocycles. The first-order chi connectivity index (χ1) is 14.0. The van der Waals surface area contributed by atoms with Crippen LogP contribution in [0.1, 0.15) is 31.0 Å². The molecule has 0 unspecified atom stereocenters. The summed E-state index contributed by atoms with van der Waals surface area (Å²) in [5.74, 6) is 1.15. The molecule has 0 bridgehead atoms. The summed E-state index contributed by atoms with van der Waals surface area (Å²) in [6.07, 6.45) is 0. The van der Waals surface area contributed by atoms with Crippen molar-refractivity contribution in [3.05, 3.63) is 65.7 Å². The van der Waals surface area contributed by atoms with Gasteiger partial charge in [-0.2, -0.15) is 0 Å². The SMILES string of the molecule is Cc1ccc([C@H]2Nn3c(nnc3-c3ccccc3)S[C@@H]2C(=O)NCC(C)C)cc1. The van der Waals surface area contributed by atoms with Gasteiger partial charge in [-0.3, -0.25) is 4.79 Å². The molecule has 2 aromatic carbocycles. The molecule has 4 rings (SSSR count). The van der Waals surface area contributed by atoms with Gasteiger partial charge in [0.2, 0.25) is 11.1 Å². The van der Waals surface area contributed by atoms with E-state index >= 15 is 0 Å². The van der Waals surface area contributed by atoms with Gasteiger partial charge in [-0.05, 0) is 18.4 Å². The Morgan fingerprint density at radius 3 is 2.55 bits per heavy atom. The van der Waals surface area contributed by atoms with Gasteiger partial charge in [0.25, 0.3) is 0 Å². The minimum atomic E-state index is -0.336. The van der Waals surface area contributed by atoms with Crippen molar-refractivity contribution in [2.24, 2.45) is 5.92 Å². The van der Waals surface area contributed by atoms with Crippen LogP contribution in [0.2, 0.25) is 0 Å². The third kappa shape index (κ3) is 4.15. The third-order valence-electron chi connectivity index (χ3n) is 4.85. The zero-order valence-electron chi connectivity index (χ0n) is 16.8. The van der Waals surface area contributed by atoms with Gasteiger partial charge in [-0.15, -0.1) is 10.2 Å². The molecule has 1 amide bonds. The predicted octanol–water partition coefficient (Wildman–Crippen LogP) is 3.78. The minimum Gasteiger partial charge on any atom is -0.355 e. The average molecular weight is 408 g/mol. The maximum absolute atomic E-state index is 13.0. The summed E-state index contributed by atoms with van der Waals surface area (Å²) < 4.78 is 1.90. The lowest BCUT2D eigenvalue weighted by molar-refractivity contribution is -0.121. The van der Waals surface area contributed by atoms with E-state index in [0.717, 1.165) is 17.0 Å². The first kappa shape index (κ1) is 19.5. The van der Waals surface area contributed by atoms with Crippen molar-refractivity contribution in [2.75, 3.05) is 12.0 Å². The van der Waals surface area contributed by atoms with Crippen LogP contribution in [-0.4, -0.2) is 32.6 Å². The van der Waals surface area contributed by atoms with Crippen LogP contribution in [-0.2, 0) is 4.79 Å². The summed E-state index contributed by atoms with van der Waals surface area (Å²) in [5, 5.41) is 12.1. The van der Waals surface area contributed by atoms with Crippen molar-refractivity contribution in [2.45, 2.75) is 37.2 Å². The van der Waals surface area contributed by atoms with Crippen LogP contribution in [0.4, 0.5) is 0 Å². The number of amides is 1. The quantitative estimate of drug-likeness (QED) is 0.673. The number of carbonyl (C=O) groups excluding carboxylic acids is 1. The van der Waals surface area contributed by atoms with Crippen molar-refractivity contribution in [1.82, 2.24) is 20.2 Å². The second kappa shape index (κ2) is 8.29. The number of hydrogen-bond acceptors (Lipinski definition) is 5. The lowest BCUT2D eigenvalue weighted by Crippen LogP contribution is -2.44. The van der Waals surface area contributed by atoms with Crippen molar-refractivity contribution < 1.29 is 4.79 Å². The molecule has 0 radical (unpaired) electrons. The number of benzene rings is 2. The number of nitrogens with zero attached hydrogens (tertiary/aromatic N) is 3. The van der Waals surface area contributed by atoms with Crippen LogP contribution in [0.3, 0.4) is 0 Å². The number of aryl methyl sites for hydroxylation is 1. The summed E-state index contributed by atoms with van der Waals surface area (Å²) in [7, 11) is 0. The number of nitrogens with one attached hydrogen (secondary N) is 2. The highest BCUT2D eigenvalue weighted by atomic mass is 32.2. The molecular formula is C22H25N5OS. The molecule has 0 fully saturated rings. The number of fused-ring (bicyclic) bond motifs is 1. The molecule has 2 heterocycles. The summed E-state index contributed by atoms with van der Waals surface area (Å²) in [5.41, 5.74) is 6.73. The fourth-order valence-electron chi connectivity index (χ4n) is 3.26. The first-order valence-electron chi connectivity index (χ1n) is 9.81. The molecule has 1 aromatic heterocycles. The van der Waals surface area contributed by atoms with Gasteiger partial charge in [-0.25, -0.2) is 4.68 Å². The zero-order chi connectivity index (χ0) is 20.4. The van der Waals surface area contributed by atoms with Crippen LogP contribution in [0.5, 0.6) is 0 Å². The standard InChI is InChI=1S/C22H25N5OS/c1-14(2)13-23-21(28)19-18(16-11-9-15(3)10-12-16)26-27-20(24-25-22(27)29-19)17-7-5-4-6-8-17/h4-12,14,18-19,26H,13H2,1-3H3,(H,23,28)/t18-,19+/m1/s1. The highest BCUT2D eigenvalue weighted by molar-refractivity contribution is 8.00. The molecule has 7 heteroatoms. The fourth-order valence-corrected chi connectivity index (χ4v) is 4.36. The van der Waals surface area contributed by atoms with E-state index < -0.39 is 0 Å². The highest BCUT2D eigenvalue weighted by Gasteiger charge is 2.37. The minimum absolute atomic E-state index is 0.0114. The van der Waals surface area contributed by atoms with Gasteiger partial charge in [-0.1, -0.05) is 85.8 Å². The smallest absolute Gasteiger partial charge is 0.236 e. The molecule has 2 N–H and O–H groups in total. The first-order valence-corrected chi connectivity index (χ1v) is 10.7. The summed E-state index contributed by atoms with van der Waals surface area (Å²) >= 11 is 1.45. The Morgan fingerprint density at radius 2 is 1.86 bits per heavy atom. The van der Waals surface area contributed by atoms with Crippen molar-refractivity contribution in [3.63, 3.8) is 0 Å². The molecule has 6 nitrogen and oxygen atoms in total. The fraction of sp³-hybridized carbons (Fsp3) is 0.318. The monoisotopic (exact) mass is 407 g/mol. The third-order valence-corrected chi connectivity index (χ3v) is 6.06. The molecule has 1 aliphatic rings. The Hall–Kier alpha value is -2.80. The van der Waals surface area contributed by atoms with E-state index in [0.29, 0.717) is 17.6 Å². The molecule has 3 aromatic rings. The maximum atomic E-state index is 13.0. The van der Waals surface area contributed by atoms with E-state index in [1.807, 2.05) is 35.0 Å². The molecule has 0 aliphatic carbocycles. The lowest BCUT2D eigenvalue weighted by atomic mass is 10.0. The Labute approximate surface area is 175 Å². The number of carbonyl (C=O) groups is 1. The zero-order valence-corrected chi connectivity index (χ0v) is 17.6. The Balaban J connectivity index is 1.70. The molecule has 29 heavy (non-hydrogen) atoms. The van der Waals surface area contributed by atoms with Gasteiger partial charge < -0.3 is 10.7 Å². The van der Waals surface area contributed by atoms with Crippen molar-refractivity contribution in [1.29, 1.82) is 0 Å². The second-order valence-electron chi connectivity index (χ2n) is 7.70. The molecule has 2 atom stereocenters. The van der Waals surface area contributed by atoms with Crippen molar-refractivity contribution >= 4 is 17.7 Å².